The monoisotopic (exact) mass is 248 g/mol. The molecule has 1 aromatic rings. The van der Waals surface area contributed by atoms with Crippen LogP contribution >= 0.6 is 0 Å². The number of carbonyl (C=O) groups excluding carboxylic acids is 1. The number of hydrogen-bond acceptors (Lipinski definition) is 6. The van der Waals surface area contributed by atoms with Gasteiger partial charge in [0.15, 0.2) is 5.69 Å². The van der Waals surface area contributed by atoms with E-state index in [2.05, 4.69) is 19.8 Å². The molecule has 9 heteroatoms. The predicted octanol–water partition coefficient (Wildman–Crippen LogP) is -1.39. The average Bonchev–Trinajstić information content (AvgIpc) is 2.63. The maximum absolute atomic E-state index is 11.1. The third kappa shape index (κ3) is 3.95. The highest BCUT2D eigenvalue weighted by atomic mass is 32.2. The molecule has 0 aromatic carbocycles. The number of nitrogens with zero attached hydrogens (tertiary/aromatic N) is 3. The lowest BCUT2D eigenvalue weighted by Gasteiger charge is -1.99. The van der Waals surface area contributed by atoms with Gasteiger partial charge in [-0.15, -0.1) is 5.10 Å². The first kappa shape index (κ1) is 12.6. The molecule has 1 aromatic heterocycles. The van der Waals surface area contributed by atoms with Crippen molar-refractivity contribution < 1.29 is 17.4 Å². The molecule has 0 aliphatic heterocycles. The number of carbonyl (C=O) groups is 1. The Labute approximate surface area is 92.7 Å². The van der Waals surface area contributed by atoms with Crippen molar-refractivity contribution in [1.29, 1.82) is 0 Å². The minimum Gasteiger partial charge on any atom is -0.354 e. The van der Waals surface area contributed by atoms with Crippen LogP contribution in [0, 0.1) is 0 Å². The second-order valence-corrected chi connectivity index (χ2v) is 4.62. The van der Waals surface area contributed by atoms with Crippen molar-refractivity contribution in [1.82, 2.24) is 20.3 Å². The molecule has 90 valence electrons. The summed E-state index contributed by atoms with van der Waals surface area (Å²) in [7, 11) is -1.97. The molecule has 0 fully saturated rings. The largest absolute Gasteiger partial charge is 0.354 e. The Balaban J connectivity index is 2.50. The summed E-state index contributed by atoms with van der Waals surface area (Å²) in [5.41, 5.74) is 0.168. The molecule has 0 bridgehead atoms. The lowest BCUT2D eigenvalue weighted by atomic mass is 10.4. The topological polar surface area (TPSA) is 103 Å². The van der Waals surface area contributed by atoms with Gasteiger partial charge in [-0.05, 0) is 0 Å². The molecule has 0 spiro atoms. The van der Waals surface area contributed by atoms with Crippen molar-refractivity contribution in [3.63, 3.8) is 0 Å². The van der Waals surface area contributed by atoms with Crippen LogP contribution in [-0.2, 0) is 20.8 Å². The van der Waals surface area contributed by atoms with Gasteiger partial charge in [-0.1, -0.05) is 5.21 Å². The molecule has 1 amide bonds. The van der Waals surface area contributed by atoms with Crippen LogP contribution in [0.1, 0.15) is 10.5 Å². The summed E-state index contributed by atoms with van der Waals surface area (Å²) in [4.78, 5) is 11.1. The summed E-state index contributed by atoms with van der Waals surface area (Å²) in [6, 6.07) is 0. The van der Waals surface area contributed by atoms with E-state index in [9.17, 15) is 13.2 Å². The Morgan fingerprint density at radius 3 is 2.88 bits per heavy atom. The fourth-order valence-electron chi connectivity index (χ4n) is 0.922. The van der Waals surface area contributed by atoms with Crippen molar-refractivity contribution in [3.8, 4) is 0 Å². The van der Waals surface area contributed by atoms with Crippen LogP contribution in [0.3, 0.4) is 0 Å². The number of amides is 1. The van der Waals surface area contributed by atoms with Gasteiger partial charge >= 0.3 is 0 Å². The molecular formula is C7H12N4O4S. The van der Waals surface area contributed by atoms with Crippen LogP contribution in [0.15, 0.2) is 6.20 Å². The van der Waals surface area contributed by atoms with Gasteiger partial charge < -0.3 is 5.32 Å². The molecular weight excluding hydrogens is 236 g/mol. The second kappa shape index (κ2) is 5.03. The third-order valence-corrected chi connectivity index (χ3v) is 2.21. The molecule has 0 saturated carbocycles. The highest BCUT2D eigenvalue weighted by Crippen LogP contribution is 1.94. The van der Waals surface area contributed by atoms with E-state index in [1.165, 1.54) is 17.9 Å². The Kier molecular flexibility index (Phi) is 3.96. The Morgan fingerprint density at radius 1 is 1.62 bits per heavy atom. The van der Waals surface area contributed by atoms with Crippen molar-refractivity contribution >= 4 is 16.0 Å². The van der Waals surface area contributed by atoms with E-state index in [0.29, 0.717) is 0 Å². The summed E-state index contributed by atoms with van der Waals surface area (Å²) in [6.45, 7) is 0.159. The fourth-order valence-corrected chi connectivity index (χ4v) is 1.30. The summed E-state index contributed by atoms with van der Waals surface area (Å²) >= 11 is 0. The molecule has 8 nitrogen and oxygen atoms in total. The molecule has 0 aliphatic carbocycles. The Hall–Kier alpha value is -1.48. The zero-order chi connectivity index (χ0) is 12.2. The Bertz CT molecular complexity index is 466. The highest BCUT2D eigenvalue weighted by Gasteiger charge is 2.08. The van der Waals surface area contributed by atoms with Crippen molar-refractivity contribution in [2.45, 2.75) is 6.54 Å². The summed E-state index contributed by atoms with van der Waals surface area (Å²) < 4.78 is 27.1. The zero-order valence-electron chi connectivity index (χ0n) is 8.87. The average molecular weight is 248 g/mol. The Morgan fingerprint density at radius 2 is 2.31 bits per heavy atom. The van der Waals surface area contributed by atoms with E-state index in [-0.39, 0.29) is 24.8 Å². The van der Waals surface area contributed by atoms with Crippen LogP contribution in [0.2, 0.25) is 0 Å². The van der Waals surface area contributed by atoms with E-state index < -0.39 is 10.1 Å². The van der Waals surface area contributed by atoms with E-state index in [4.69, 9.17) is 0 Å². The van der Waals surface area contributed by atoms with Gasteiger partial charge in [-0.25, -0.2) is 4.68 Å². The van der Waals surface area contributed by atoms with Gasteiger partial charge in [0.2, 0.25) is 0 Å². The first-order valence-corrected chi connectivity index (χ1v) is 6.20. The lowest BCUT2D eigenvalue weighted by molar-refractivity contribution is 0.0958. The molecule has 1 N–H and O–H groups in total. The van der Waals surface area contributed by atoms with Gasteiger partial charge in [-0.2, -0.15) is 8.42 Å². The molecule has 16 heavy (non-hydrogen) atoms. The second-order valence-electron chi connectivity index (χ2n) is 2.97. The number of aromatic nitrogens is 3. The molecule has 0 radical (unpaired) electrons. The molecule has 0 unspecified atom stereocenters. The molecule has 0 aliphatic rings. The first-order chi connectivity index (χ1) is 7.42. The fraction of sp³-hybridized carbons (Fsp3) is 0.571. The van der Waals surface area contributed by atoms with Crippen LogP contribution in [0.4, 0.5) is 0 Å². The number of hydrogen-bond donors (Lipinski definition) is 1. The molecule has 1 heterocycles. The number of nitrogens with one attached hydrogen (secondary N) is 1. The third-order valence-electron chi connectivity index (χ3n) is 1.62. The summed E-state index contributed by atoms with van der Waals surface area (Å²) in [5, 5.41) is 9.63. The van der Waals surface area contributed by atoms with Crippen LogP contribution in [0.25, 0.3) is 0 Å². The standard InChI is InChI=1S/C7H12N4O4S/c1-8-7(12)6-5-11(10-9-6)3-4-15-16(2,13)14/h5H,3-4H2,1-2H3,(H,8,12). The van der Waals surface area contributed by atoms with Gasteiger partial charge in [0.1, 0.15) is 0 Å². The van der Waals surface area contributed by atoms with Gasteiger partial charge in [-0.3, -0.25) is 8.98 Å². The first-order valence-electron chi connectivity index (χ1n) is 4.39. The van der Waals surface area contributed by atoms with Crippen LogP contribution < -0.4 is 5.32 Å². The normalized spacial score (nSPS) is 11.4. The van der Waals surface area contributed by atoms with E-state index >= 15 is 0 Å². The predicted molar refractivity (Wildman–Crippen MR) is 54.2 cm³/mol. The number of rotatable bonds is 5. The maximum atomic E-state index is 11.1. The minimum atomic E-state index is -3.45. The highest BCUT2D eigenvalue weighted by molar-refractivity contribution is 7.85. The quantitative estimate of drug-likeness (QED) is 0.644. The van der Waals surface area contributed by atoms with Gasteiger partial charge in [0.05, 0.1) is 25.6 Å². The van der Waals surface area contributed by atoms with Crippen molar-refractivity contribution in [3.05, 3.63) is 11.9 Å². The van der Waals surface area contributed by atoms with Gasteiger partial charge in [0, 0.05) is 7.05 Å². The van der Waals surface area contributed by atoms with Gasteiger partial charge in [0.25, 0.3) is 16.0 Å². The van der Waals surface area contributed by atoms with Crippen molar-refractivity contribution in [2.75, 3.05) is 19.9 Å². The van der Waals surface area contributed by atoms with E-state index in [1.54, 1.807) is 0 Å². The molecule has 1 rings (SSSR count). The zero-order valence-corrected chi connectivity index (χ0v) is 9.69. The smallest absolute Gasteiger partial charge is 0.273 e. The summed E-state index contributed by atoms with van der Waals surface area (Å²) in [5.74, 6) is -0.352. The van der Waals surface area contributed by atoms with Crippen molar-refractivity contribution in [2.24, 2.45) is 0 Å². The SMILES string of the molecule is CNC(=O)c1cn(CCOS(C)(=O)=O)nn1. The van der Waals surface area contributed by atoms with E-state index in [1.807, 2.05) is 0 Å². The maximum Gasteiger partial charge on any atom is 0.273 e. The van der Waals surface area contributed by atoms with Crippen LogP contribution in [0.5, 0.6) is 0 Å². The summed E-state index contributed by atoms with van der Waals surface area (Å²) in [6.07, 6.45) is 2.37. The van der Waals surface area contributed by atoms with E-state index in [0.717, 1.165) is 6.26 Å². The van der Waals surface area contributed by atoms with Crippen LogP contribution in [-0.4, -0.2) is 49.2 Å². The molecule has 0 atom stereocenters. The lowest BCUT2D eigenvalue weighted by Crippen LogP contribution is -2.18. The minimum absolute atomic E-state index is 0.0463. The molecule has 0 saturated heterocycles.